The molecule has 0 spiro atoms. The molecule has 112 valence electrons. The van der Waals surface area contributed by atoms with Gasteiger partial charge in [-0.15, -0.1) is 0 Å². The van der Waals surface area contributed by atoms with Gasteiger partial charge in [-0.3, -0.25) is 4.79 Å². The van der Waals surface area contributed by atoms with E-state index in [0.717, 1.165) is 12.0 Å². The molecule has 1 heterocycles. The van der Waals surface area contributed by atoms with Gasteiger partial charge in [0.2, 0.25) is 0 Å². The Balaban J connectivity index is 1.93. The Morgan fingerprint density at radius 2 is 1.95 bits per heavy atom. The lowest BCUT2D eigenvalue weighted by Crippen LogP contribution is -2.14. The summed E-state index contributed by atoms with van der Waals surface area (Å²) in [6, 6.07) is 9.78. The molecule has 21 heavy (non-hydrogen) atoms. The molecule has 0 saturated heterocycles. The zero-order valence-corrected chi connectivity index (χ0v) is 13.2. The Morgan fingerprint density at radius 3 is 2.57 bits per heavy atom. The first-order valence-electron chi connectivity index (χ1n) is 7.07. The van der Waals surface area contributed by atoms with Gasteiger partial charge in [-0.25, -0.2) is 4.98 Å². The number of aromatic amines is 1. The second kappa shape index (κ2) is 7.43. The van der Waals surface area contributed by atoms with Crippen molar-refractivity contribution in [2.75, 3.05) is 5.75 Å². The van der Waals surface area contributed by atoms with E-state index >= 15 is 0 Å². The van der Waals surface area contributed by atoms with Crippen LogP contribution in [0.3, 0.4) is 0 Å². The fourth-order valence-corrected chi connectivity index (χ4v) is 2.90. The van der Waals surface area contributed by atoms with Gasteiger partial charge in [-0.05, 0) is 23.5 Å². The Morgan fingerprint density at radius 1 is 1.24 bits per heavy atom. The minimum absolute atomic E-state index is 0.0754. The second-order valence-corrected chi connectivity index (χ2v) is 6.50. The van der Waals surface area contributed by atoms with Crippen molar-refractivity contribution in [3.8, 4) is 0 Å². The van der Waals surface area contributed by atoms with Crippen molar-refractivity contribution in [3.63, 3.8) is 0 Å². The molecule has 0 aliphatic heterocycles. The summed E-state index contributed by atoms with van der Waals surface area (Å²) in [7, 11) is 0. The molecule has 0 bridgehead atoms. The number of H-pyrrole nitrogens is 1. The zero-order valence-electron chi connectivity index (χ0n) is 12.4. The smallest absolute Gasteiger partial charge is 0.251 e. The Labute approximate surface area is 129 Å². The van der Waals surface area contributed by atoms with Gasteiger partial charge in [0.1, 0.15) is 0 Å². The molecule has 0 aliphatic rings. The van der Waals surface area contributed by atoms with Crippen LogP contribution in [0.15, 0.2) is 46.5 Å². The average Bonchev–Trinajstić information content (AvgIpc) is 2.45. The van der Waals surface area contributed by atoms with Crippen LogP contribution in [0.5, 0.6) is 0 Å². The lowest BCUT2D eigenvalue weighted by atomic mass is 10.0. The maximum atomic E-state index is 11.2. The molecule has 5 heteroatoms. The Bertz CT molecular complexity index is 622. The molecule has 3 N–H and O–H groups in total. The van der Waals surface area contributed by atoms with Crippen molar-refractivity contribution in [1.29, 1.82) is 0 Å². The number of nitrogens with one attached hydrogen (secondary N) is 1. The van der Waals surface area contributed by atoms with Gasteiger partial charge in [0.05, 0.1) is 0 Å². The fraction of sp³-hybridized carbons (Fsp3) is 0.375. The normalized spacial score (nSPS) is 12.6. The molecule has 1 atom stereocenters. The third-order valence-corrected chi connectivity index (χ3v) is 4.11. The molecular formula is C16H21N3OS. The van der Waals surface area contributed by atoms with Crippen molar-refractivity contribution in [1.82, 2.24) is 9.97 Å². The van der Waals surface area contributed by atoms with Crippen molar-refractivity contribution < 1.29 is 0 Å². The molecule has 0 saturated carbocycles. The first-order valence-corrected chi connectivity index (χ1v) is 8.05. The van der Waals surface area contributed by atoms with Crippen LogP contribution in [0.4, 0.5) is 0 Å². The molecular weight excluding hydrogens is 282 g/mol. The van der Waals surface area contributed by atoms with E-state index in [2.05, 4.69) is 48.1 Å². The fourth-order valence-electron chi connectivity index (χ4n) is 2.06. The lowest BCUT2D eigenvalue weighted by molar-refractivity contribution is 0.647. The monoisotopic (exact) mass is 303 g/mol. The number of aromatic nitrogens is 2. The minimum Gasteiger partial charge on any atom is -0.323 e. The van der Waals surface area contributed by atoms with E-state index in [1.807, 2.05) is 0 Å². The van der Waals surface area contributed by atoms with E-state index in [1.54, 1.807) is 0 Å². The zero-order chi connectivity index (χ0) is 15.2. The van der Waals surface area contributed by atoms with E-state index in [9.17, 15) is 4.79 Å². The van der Waals surface area contributed by atoms with Crippen LogP contribution in [0.1, 0.15) is 31.0 Å². The molecule has 0 fully saturated rings. The van der Waals surface area contributed by atoms with Crippen LogP contribution >= 0.6 is 11.8 Å². The summed E-state index contributed by atoms with van der Waals surface area (Å²) in [5, 5.41) is 0.606. The van der Waals surface area contributed by atoms with Crippen molar-refractivity contribution in [2.24, 2.45) is 11.7 Å². The molecule has 0 radical (unpaired) electrons. The highest BCUT2D eigenvalue weighted by molar-refractivity contribution is 7.99. The number of hydrogen-bond acceptors (Lipinski definition) is 4. The Hall–Kier alpha value is -1.59. The largest absolute Gasteiger partial charge is 0.323 e. The van der Waals surface area contributed by atoms with Crippen LogP contribution in [0.25, 0.3) is 0 Å². The highest BCUT2D eigenvalue weighted by atomic mass is 32.2. The number of hydrogen-bond donors (Lipinski definition) is 2. The predicted octanol–water partition coefficient (Wildman–Crippen LogP) is 2.76. The lowest BCUT2D eigenvalue weighted by Gasteiger charge is -2.12. The van der Waals surface area contributed by atoms with Crippen LogP contribution in [-0.2, 0) is 6.42 Å². The van der Waals surface area contributed by atoms with Crippen molar-refractivity contribution >= 4 is 11.8 Å². The van der Waals surface area contributed by atoms with Gasteiger partial charge < -0.3 is 10.7 Å². The number of nitrogens with two attached hydrogens (primary N) is 1. The predicted molar refractivity (Wildman–Crippen MR) is 87.5 cm³/mol. The number of nitrogens with zero attached hydrogens (tertiary/aromatic N) is 1. The molecule has 4 nitrogen and oxygen atoms in total. The van der Waals surface area contributed by atoms with E-state index < -0.39 is 0 Å². The number of rotatable bonds is 6. The van der Waals surface area contributed by atoms with Crippen molar-refractivity contribution in [2.45, 2.75) is 31.5 Å². The Kier molecular flexibility index (Phi) is 5.59. The first-order chi connectivity index (χ1) is 10.0. The van der Waals surface area contributed by atoms with Crippen LogP contribution in [0, 0.1) is 5.92 Å². The highest BCUT2D eigenvalue weighted by Gasteiger charge is 2.08. The van der Waals surface area contributed by atoms with E-state index in [4.69, 9.17) is 5.73 Å². The number of benzene rings is 1. The molecule has 0 aliphatic carbocycles. The average molecular weight is 303 g/mol. The van der Waals surface area contributed by atoms with Gasteiger partial charge >= 0.3 is 0 Å². The molecule has 1 aromatic heterocycles. The summed E-state index contributed by atoms with van der Waals surface area (Å²) in [4.78, 5) is 18.0. The SMILES string of the molecule is CC(C)Cc1ccc(C(N)CSc2nccc(=O)[nH]2)cc1. The van der Waals surface area contributed by atoms with Gasteiger partial charge in [0.25, 0.3) is 5.56 Å². The molecule has 2 rings (SSSR count). The third kappa shape index (κ3) is 5.02. The van der Waals surface area contributed by atoms with Gasteiger partial charge in [-0.1, -0.05) is 49.9 Å². The van der Waals surface area contributed by atoms with Gasteiger partial charge in [0.15, 0.2) is 5.16 Å². The number of thioether (sulfide) groups is 1. The maximum Gasteiger partial charge on any atom is 0.251 e. The molecule has 1 aromatic carbocycles. The van der Waals surface area contributed by atoms with E-state index in [1.165, 1.54) is 29.6 Å². The maximum absolute atomic E-state index is 11.2. The summed E-state index contributed by atoms with van der Waals surface area (Å²) < 4.78 is 0. The molecule has 0 amide bonds. The summed E-state index contributed by atoms with van der Waals surface area (Å²) in [6.45, 7) is 4.42. The minimum atomic E-state index is -0.140. The molecule has 2 aromatic rings. The topological polar surface area (TPSA) is 71.8 Å². The van der Waals surface area contributed by atoms with Gasteiger partial charge in [-0.2, -0.15) is 0 Å². The molecule has 1 unspecified atom stereocenters. The van der Waals surface area contributed by atoms with Crippen LogP contribution in [-0.4, -0.2) is 15.7 Å². The first kappa shape index (κ1) is 15.8. The summed E-state index contributed by atoms with van der Waals surface area (Å²) in [5.41, 5.74) is 8.49. The second-order valence-electron chi connectivity index (χ2n) is 5.50. The van der Waals surface area contributed by atoms with Gasteiger partial charge in [0, 0.05) is 24.1 Å². The van der Waals surface area contributed by atoms with Crippen LogP contribution in [0.2, 0.25) is 0 Å². The summed E-state index contributed by atoms with van der Waals surface area (Å²) in [6.07, 6.45) is 2.59. The van der Waals surface area contributed by atoms with E-state index in [-0.39, 0.29) is 11.6 Å². The van der Waals surface area contributed by atoms with Crippen molar-refractivity contribution in [3.05, 3.63) is 58.0 Å². The van der Waals surface area contributed by atoms with E-state index in [0.29, 0.717) is 16.8 Å². The third-order valence-electron chi connectivity index (χ3n) is 3.10. The standard InChI is InChI=1S/C16H21N3OS/c1-11(2)9-12-3-5-13(6-4-12)14(17)10-21-16-18-8-7-15(20)19-16/h3-8,11,14H,9-10,17H2,1-2H3,(H,18,19,20). The highest BCUT2D eigenvalue weighted by Crippen LogP contribution is 2.20. The quantitative estimate of drug-likeness (QED) is 0.636. The summed E-state index contributed by atoms with van der Waals surface area (Å²) in [5.74, 6) is 1.33. The summed E-state index contributed by atoms with van der Waals surface area (Å²) >= 11 is 1.46. The van der Waals surface area contributed by atoms with Crippen LogP contribution < -0.4 is 11.3 Å².